The molecule has 2 heteroatoms. The molecule has 98 valence electrons. The normalized spacial score (nSPS) is 17.2. The molecule has 0 saturated heterocycles. The molecule has 0 spiro atoms. The number of amides is 1. The Hall–Kier alpha value is -1.31. The Morgan fingerprint density at radius 2 is 1.61 bits per heavy atom. The van der Waals surface area contributed by atoms with Gasteiger partial charge in [-0.25, -0.2) is 0 Å². The van der Waals surface area contributed by atoms with Crippen LogP contribution >= 0.6 is 0 Å². The molecule has 1 aromatic rings. The van der Waals surface area contributed by atoms with Crippen molar-refractivity contribution >= 4 is 5.91 Å². The lowest BCUT2D eigenvalue weighted by Gasteiger charge is -2.27. The van der Waals surface area contributed by atoms with Crippen molar-refractivity contribution in [1.29, 1.82) is 0 Å². The lowest BCUT2D eigenvalue weighted by Crippen LogP contribution is -2.36. The van der Waals surface area contributed by atoms with E-state index in [1.807, 2.05) is 43.1 Å². The molecule has 0 aromatic heterocycles. The van der Waals surface area contributed by atoms with Crippen LogP contribution in [0.5, 0.6) is 0 Å². The van der Waals surface area contributed by atoms with E-state index >= 15 is 0 Å². The maximum absolute atomic E-state index is 12.4. The molecule has 0 bridgehead atoms. The topological polar surface area (TPSA) is 20.3 Å². The summed E-state index contributed by atoms with van der Waals surface area (Å²) in [5, 5.41) is 0. The van der Waals surface area contributed by atoms with Crippen LogP contribution in [0, 0.1) is 6.92 Å². The predicted octanol–water partition coefficient (Wildman–Crippen LogP) is 3.79. The Morgan fingerprint density at radius 1 is 1.06 bits per heavy atom. The fourth-order valence-electron chi connectivity index (χ4n) is 2.71. The number of rotatable bonds is 2. The van der Waals surface area contributed by atoms with Gasteiger partial charge in [-0.05, 0) is 31.9 Å². The quantitative estimate of drug-likeness (QED) is 0.726. The largest absolute Gasteiger partial charge is 0.339 e. The SMILES string of the molecule is Cc1ccc(C(=O)N(C)C2CCCCCC2)cc1. The van der Waals surface area contributed by atoms with Crippen molar-refractivity contribution in [2.24, 2.45) is 0 Å². The number of carbonyl (C=O) groups excluding carboxylic acids is 1. The molecule has 18 heavy (non-hydrogen) atoms. The molecule has 0 atom stereocenters. The van der Waals surface area contributed by atoms with Gasteiger partial charge in [0, 0.05) is 18.7 Å². The maximum Gasteiger partial charge on any atom is 0.253 e. The zero-order valence-corrected chi connectivity index (χ0v) is 11.5. The van der Waals surface area contributed by atoms with E-state index in [-0.39, 0.29) is 5.91 Å². The van der Waals surface area contributed by atoms with E-state index in [4.69, 9.17) is 0 Å². The van der Waals surface area contributed by atoms with Crippen LogP contribution in [0.1, 0.15) is 54.4 Å². The molecular weight excluding hydrogens is 222 g/mol. The van der Waals surface area contributed by atoms with Crippen molar-refractivity contribution in [1.82, 2.24) is 4.90 Å². The predicted molar refractivity (Wildman–Crippen MR) is 74.8 cm³/mol. The van der Waals surface area contributed by atoms with E-state index in [9.17, 15) is 4.79 Å². The number of carbonyl (C=O) groups is 1. The molecule has 1 amide bonds. The van der Waals surface area contributed by atoms with Gasteiger partial charge in [0.1, 0.15) is 0 Å². The highest BCUT2D eigenvalue weighted by Crippen LogP contribution is 2.22. The highest BCUT2D eigenvalue weighted by molar-refractivity contribution is 5.94. The third kappa shape index (κ3) is 3.12. The van der Waals surface area contributed by atoms with Crippen LogP contribution in [0.4, 0.5) is 0 Å². The molecule has 1 aromatic carbocycles. The van der Waals surface area contributed by atoms with E-state index in [0.717, 1.165) is 18.4 Å². The van der Waals surface area contributed by atoms with Crippen LogP contribution in [0.3, 0.4) is 0 Å². The van der Waals surface area contributed by atoms with Crippen LogP contribution in [0.25, 0.3) is 0 Å². The Balaban J connectivity index is 2.05. The first kappa shape index (κ1) is 13.1. The van der Waals surface area contributed by atoms with Crippen LogP contribution in [0.2, 0.25) is 0 Å². The molecule has 2 rings (SSSR count). The highest BCUT2D eigenvalue weighted by atomic mass is 16.2. The standard InChI is InChI=1S/C16H23NO/c1-13-9-11-14(12-10-13)16(18)17(2)15-7-5-3-4-6-8-15/h9-12,15H,3-8H2,1-2H3. The van der Waals surface area contributed by atoms with E-state index in [0.29, 0.717) is 6.04 Å². The minimum absolute atomic E-state index is 0.168. The van der Waals surface area contributed by atoms with Crippen LogP contribution in [-0.2, 0) is 0 Å². The van der Waals surface area contributed by atoms with Crippen molar-refractivity contribution in [3.8, 4) is 0 Å². The van der Waals surface area contributed by atoms with Gasteiger partial charge in [0.15, 0.2) is 0 Å². The molecule has 0 unspecified atom stereocenters. The molecule has 1 saturated carbocycles. The average Bonchev–Trinajstić information content (AvgIpc) is 2.67. The van der Waals surface area contributed by atoms with Gasteiger partial charge in [0.25, 0.3) is 5.91 Å². The van der Waals surface area contributed by atoms with Crippen molar-refractivity contribution in [3.63, 3.8) is 0 Å². The second-order valence-electron chi connectivity index (χ2n) is 5.43. The monoisotopic (exact) mass is 245 g/mol. The van der Waals surface area contributed by atoms with Crippen LogP contribution in [0.15, 0.2) is 24.3 Å². The van der Waals surface area contributed by atoms with Gasteiger partial charge in [-0.15, -0.1) is 0 Å². The van der Waals surface area contributed by atoms with Gasteiger partial charge < -0.3 is 4.90 Å². The Labute approximate surface area is 110 Å². The fourth-order valence-corrected chi connectivity index (χ4v) is 2.71. The Bertz CT molecular complexity index is 388. The summed E-state index contributed by atoms with van der Waals surface area (Å²) in [4.78, 5) is 14.3. The highest BCUT2D eigenvalue weighted by Gasteiger charge is 2.21. The van der Waals surface area contributed by atoms with Gasteiger partial charge in [0.2, 0.25) is 0 Å². The summed E-state index contributed by atoms with van der Waals surface area (Å²) in [5.74, 6) is 0.168. The first-order valence-electron chi connectivity index (χ1n) is 7.02. The summed E-state index contributed by atoms with van der Waals surface area (Å²) in [6.07, 6.45) is 7.49. The van der Waals surface area contributed by atoms with Crippen LogP contribution in [-0.4, -0.2) is 23.9 Å². The molecule has 1 fully saturated rings. The van der Waals surface area contributed by atoms with Crippen LogP contribution < -0.4 is 0 Å². The number of nitrogens with zero attached hydrogens (tertiary/aromatic N) is 1. The third-order valence-electron chi connectivity index (χ3n) is 3.99. The zero-order chi connectivity index (χ0) is 13.0. The van der Waals surface area contributed by atoms with Crippen molar-refractivity contribution in [2.75, 3.05) is 7.05 Å². The summed E-state index contributed by atoms with van der Waals surface area (Å²) in [6.45, 7) is 2.04. The molecule has 1 aliphatic carbocycles. The first-order valence-corrected chi connectivity index (χ1v) is 7.02. The van der Waals surface area contributed by atoms with Gasteiger partial charge in [-0.1, -0.05) is 43.4 Å². The van der Waals surface area contributed by atoms with E-state index in [1.54, 1.807) is 0 Å². The lowest BCUT2D eigenvalue weighted by atomic mass is 10.1. The molecule has 2 nitrogen and oxygen atoms in total. The first-order chi connectivity index (χ1) is 8.68. The minimum Gasteiger partial charge on any atom is -0.339 e. The Morgan fingerprint density at radius 3 is 2.17 bits per heavy atom. The maximum atomic E-state index is 12.4. The number of benzene rings is 1. The minimum atomic E-state index is 0.168. The van der Waals surface area contributed by atoms with Crippen molar-refractivity contribution in [2.45, 2.75) is 51.5 Å². The molecule has 1 aliphatic rings. The Kier molecular flexibility index (Phi) is 4.40. The van der Waals surface area contributed by atoms with Gasteiger partial charge in [-0.2, -0.15) is 0 Å². The zero-order valence-electron chi connectivity index (χ0n) is 11.5. The van der Waals surface area contributed by atoms with E-state index < -0.39 is 0 Å². The average molecular weight is 245 g/mol. The smallest absolute Gasteiger partial charge is 0.253 e. The van der Waals surface area contributed by atoms with Gasteiger partial charge in [-0.3, -0.25) is 4.79 Å². The van der Waals surface area contributed by atoms with Gasteiger partial charge in [0.05, 0.1) is 0 Å². The number of hydrogen-bond donors (Lipinski definition) is 0. The lowest BCUT2D eigenvalue weighted by molar-refractivity contribution is 0.0717. The van der Waals surface area contributed by atoms with Crippen molar-refractivity contribution in [3.05, 3.63) is 35.4 Å². The molecule has 0 aliphatic heterocycles. The summed E-state index contributed by atoms with van der Waals surface area (Å²) in [7, 11) is 1.96. The summed E-state index contributed by atoms with van der Waals surface area (Å²) >= 11 is 0. The second kappa shape index (κ2) is 6.03. The van der Waals surface area contributed by atoms with E-state index in [1.165, 1.54) is 31.2 Å². The van der Waals surface area contributed by atoms with Gasteiger partial charge >= 0.3 is 0 Å². The van der Waals surface area contributed by atoms with E-state index in [2.05, 4.69) is 0 Å². The number of aryl methyl sites for hydroxylation is 1. The van der Waals surface area contributed by atoms with Crippen molar-refractivity contribution < 1.29 is 4.79 Å². The fraction of sp³-hybridized carbons (Fsp3) is 0.562. The third-order valence-corrected chi connectivity index (χ3v) is 3.99. The second-order valence-corrected chi connectivity index (χ2v) is 5.43. The summed E-state index contributed by atoms with van der Waals surface area (Å²) in [6, 6.07) is 8.32. The molecule has 0 heterocycles. The number of hydrogen-bond acceptors (Lipinski definition) is 1. The summed E-state index contributed by atoms with van der Waals surface area (Å²) in [5.41, 5.74) is 2.01. The molecule has 0 radical (unpaired) electrons. The summed E-state index contributed by atoms with van der Waals surface area (Å²) < 4.78 is 0. The molecular formula is C16H23NO. The molecule has 0 N–H and O–H groups in total.